The Hall–Kier alpha value is -3.93. The van der Waals surface area contributed by atoms with Crippen molar-refractivity contribution in [2.45, 2.75) is 13.3 Å². The van der Waals surface area contributed by atoms with Gasteiger partial charge in [-0.2, -0.15) is 0 Å². The van der Waals surface area contributed by atoms with Crippen LogP contribution in [0.4, 0.5) is 11.4 Å². The third-order valence-corrected chi connectivity index (χ3v) is 4.50. The number of carbonyl (C=O) groups is 2. The fraction of sp³-hybridized carbons (Fsp3) is 0.0870. The Morgan fingerprint density at radius 3 is 2.59 bits per heavy atom. The smallest absolute Gasteiger partial charge is 0.257 e. The molecule has 2 amide bonds. The molecule has 4 rings (SSSR count). The van der Waals surface area contributed by atoms with Gasteiger partial charge in [0, 0.05) is 11.1 Å². The van der Waals surface area contributed by atoms with Crippen LogP contribution >= 0.6 is 0 Å². The lowest BCUT2D eigenvalue weighted by Gasteiger charge is -2.11. The van der Waals surface area contributed by atoms with E-state index in [1.54, 1.807) is 30.3 Å². The number of aromatic nitrogens is 1. The van der Waals surface area contributed by atoms with Crippen LogP contribution in [0.25, 0.3) is 11.0 Å². The van der Waals surface area contributed by atoms with Crippen molar-refractivity contribution in [2.75, 3.05) is 10.6 Å². The fourth-order valence-electron chi connectivity index (χ4n) is 3.12. The normalized spacial score (nSPS) is 10.7. The molecule has 3 aromatic carbocycles. The Labute approximate surface area is 167 Å². The summed E-state index contributed by atoms with van der Waals surface area (Å²) in [6.45, 7) is 1.96. The molecule has 0 atom stereocenters. The minimum Gasteiger partial charge on any atom is -0.356 e. The van der Waals surface area contributed by atoms with E-state index in [1.165, 1.54) is 0 Å². The molecule has 0 unspecified atom stereocenters. The van der Waals surface area contributed by atoms with Crippen molar-refractivity contribution < 1.29 is 14.1 Å². The van der Waals surface area contributed by atoms with Crippen molar-refractivity contribution in [3.63, 3.8) is 0 Å². The third-order valence-electron chi connectivity index (χ3n) is 4.50. The molecular weight excluding hydrogens is 366 g/mol. The first kappa shape index (κ1) is 18.4. The van der Waals surface area contributed by atoms with Gasteiger partial charge in [-0.15, -0.1) is 0 Å². The molecule has 0 saturated heterocycles. The van der Waals surface area contributed by atoms with Gasteiger partial charge in [0.15, 0.2) is 5.58 Å². The lowest BCUT2D eigenvalue weighted by molar-refractivity contribution is -0.115. The molecule has 6 nitrogen and oxygen atoms in total. The van der Waals surface area contributed by atoms with Crippen molar-refractivity contribution in [3.8, 4) is 0 Å². The SMILES string of the molecule is Cc1cccc(NC(=O)c2ccccc2NC(=O)Cc2noc3ccccc23)c1. The maximum atomic E-state index is 12.7. The average Bonchev–Trinajstić information content (AvgIpc) is 3.11. The topological polar surface area (TPSA) is 84.2 Å². The molecular formula is C23H19N3O3. The lowest BCUT2D eigenvalue weighted by Crippen LogP contribution is -2.19. The van der Waals surface area contributed by atoms with Crippen LogP contribution in [0.1, 0.15) is 21.6 Å². The summed E-state index contributed by atoms with van der Waals surface area (Å²) in [7, 11) is 0. The van der Waals surface area contributed by atoms with Gasteiger partial charge in [-0.05, 0) is 48.9 Å². The van der Waals surface area contributed by atoms with Gasteiger partial charge >= 0.3 is 0 Å². The Balaban J connectivity index is 1.50. The molecule has 1 aromatic heterocycles. The Kier molecular flexibility index (Phi) is 5.07. The minimum absolute atomic E-state index is 0.0465. The van der Waals surface area contributed by atoms with Crippen LogP contribution in [-0.2, 0) is 11.2 Å². The van der Waals surface area contributed by atoms with Gasteiger partial charge in [0.1, 0.15) is 5.69 Å². The Morgan fingerprint density at radius 2 is 1.72 bits per heavy atom. The standard InChI is InChI=1S/C23H19N3O3/c1-15-7-6-8-16(13-15)24-23(28)18-10-2-4-11-19(18)25-22(27)14-20-17-9-3-5-12-21(17)29-26-20/h2-13H,14H2,1H3,(H,24,28)(H,25,27). The number of anilines is 2. The van der Waals surface area contributed by atoms with Crippen LogP contribution in [0.5, 0.6) is 0 Å². The summed E-state index contributed by atoms with van der Waals surface area (Å²) in [6.07, 6.45) is 0.0465. The average molecular weight is 385 g/mol. The monoisotopic (exact) mass is 385 g/mol. The van der Waals surface area contributed by atoms with E-state index in [9.17, 15) is 9.59 Å². The number of carbonyl (C=O) groups excluding carboxylic acids is 2. The summed E-state index contributed by atoms with van der Waals surface area (Å²) in [5.74, 6) is -0.571. The van der Waals surface area contributed by atoms with Gasteiger partial charge in [-0.25, -0.2) is 0 Å². The summed E-state index contributed by atoms with van der Waals surface area (Å²) >= 11 is 0. The van der Waals surface area contributed by atoms with E-state index in [0.717, 1.165) is 10.9 Å². The van der Waals surface area contributed by atoms with E-state index in [0.29, 0.717) is 28.2 Å². The van der Waals surface area contributed by atoms with Crippen LogP contribution in [-0.4, -0.2) is 17.0 Å². The summed E-state index contributed by atoms with van der Waals surface area (Å²) in [5, 5.41) is 10.5. The lowest BCUT2D eigenvalue weighted by atomic mass is 10.1. The van der Waals surface area contributed by atoms with E-state index >= 15 is 0 Å². The number of nitrogens with zero attached hydrogens (tertiary/aromatic N) is 1. The van der Waals surface area contributed by atoms with E-state index in [4.69, 9.17) is 4.52 Å². The number of amides is 2. The second kappa shape index (κ2) is 7.98. The predicted octanol–water partition coefficient (Wildman–Crippen LogP) is 4.57. The first-order valence-corrected chi connectivity index (χ1v) is 9.20. The fourth-order valence-corrected chi connectivity index (χ4v) is 3.12. The second-order valence-corrected chi connectivity index (χ2v) is 6.72. The largest absolute Gasteiger partial charge is 0.356 e. The van der Waals surface area contributed by atoms with Crippen molar-refractivity contribution in [3.05, 3.63) is 89.6 Å². The summed E-state index contributed by atoms with van der Waals surface area (Å²) in [5.41, 5.74) is 3.75. The molecule has 0 fully saturated rings. The Morgan fingerprint density at radius 1 is 0.931 bits per heavy atom. The zero-order chi connectivity index (χ0) is 20.2. The number of nitrogens with one attached hydrogen (secondary N) is 2. The first-order chi connectivity index (χ1) is 14.1. The van der Waals surface area contributed by atoms with Crippen molar-refractivity contribution in [1.82, 2.24) is 5.16 Å². The maximum absolute atomic E-state index is 12.7. The zero-order valence-corrected chi connectivity index (χ0v) is 15.8. The number of fused-ring (bicyclic) bond motifs is 1. The minimum atomic E-state index is -0.293. The maximum Gasteiger partial charge on any atom is 0.257 e. The van der Waals surface area contributed by atoms with E-state index in [1.807, 2.05) is 49.4 Å². The molecule has 0 saturated carbocycles. The van der Waals surface area contributed by atoms with Crippen LogP contribution < -0.4 is 10.6 Å². The van der Waals surface area contributed by atoms with Crippen molar-refractivity contribution in [2.24, 2.45) is 0 Å². The molecule has 1 heterocycles. The van der Waals surface area contributed by atoms with Gasteiger partial charge in [0.05, 0.1) is 17.7 Å². The number of aryl methyl sites for hydroxylation is 1. The number of hydrogen-bond donors (Lipinski definition) is 2. The number of rotatable bonds is 5. The molecule has 0 aliphatic rings. The van der Waals surface area contributed by atoms with Crippen LogP contribution in [0, 0.1) is 6.92 Å². The van der Waals surface area contributed by atoms with Crippen LogP contribution in [0.3, 0.4) is 0 Å². The summed E-state index contributed by atoms with van der Waals surface area (Å²) < 4.78 is 5.24. The second-order valence-electron chi connectivity index (χ2n) is 6.72. The molecule has 2 N–H and O–H groups in total. The van der Waals surface area contributed by atoms with Gasteiger partial charge in [0.25, 0.3) is 5.91 Å². The van der Waals surface area contributed by atoms with Gasteiger partial charge in [-0.3, -0.25) is 9.59 Å². The van der Waals surface area contributed by atoms with Crippen molar-refractivity contribution >= 4 is 34.2 Å². The van der Waals surface area contributed by atoms with Gasteiger partial charge in [-0.1, -0.05) is 41.6 Å². The predicted molar refractivity (Wildman–Crippen MR) is 112 cm³/mol. The summed E-state index contributed by atoms with van der Waals surface area (Å²) in [6, 6.07) is 21.8. The summed E-state index contributed by atoms with van der Waals surface area (Å²) in [4.78, 5) is 25.3. The first-order valence-electron chi connectivity index (χ1n) is 9.20. The Bertz CT molecular complexity index is 1200. The molecule has 0 aliphatic heterocycles. The van der Waals surface area contributed by atoms with E-state index in [-0.39, 0.29) is 18.2 Å². The number of para-hydroxylation sites is 2. The van der Waals surface area contributed by atoms with Crippen LogP contribution in [0.2, 0.25) is 0 Å². The molecule has 144 valence electrons. The van der Waals surface area contributed by atoms with Gasteiger partial charge in [0.2, 0.25) is 5.91 Å². The highest BCUT2D eigenvalue weighted by molar-refractivity contribution is 6.10. The highest BCUT2D eigenvalue weighted by Gasteiger charge is 2.16. The highest BCUT2D eigenvalue weighted by Crippen LogP contribution is 2.21. The molecule has 0 aliphatic carbocycles. The quantitative estimate of drug-likeness (QED) is 0.527. The molecule has 0 spiro atoms. The molecule has 29 heavy (non-hydrogen) atoms. The van der Waals surface area contributed by atoms with Gasteiger partial charge < -0.3 is 15.2 Å². The third kappa shape index (κ3) is 4.16. The molecule has 4 aromatic rings. The zero-order valence-electron chi connectivity index (χ0n) is 15.8. The number of benzene rings is 3. The molecule has 0 radical (unpaired) electrons. The highest BCUT2D eigenvalue weighted by atomic mass is 16.5. The van der Waals surface area contributed by atoms with E-state index in [2.05, 4.69) is 15.8 Å². The van der Waals surface area contributed by atoms with Crippen LogP contribution in [0.15, 0.2) is 77.3 Å². The number of hydrogen-bond acceptors (Lipinski definition) is 4. The van der Waals surface area contributed by atoms with E-state index < -0.39 is 0 Å². The van der Waals surface area contributed by atoms with Crippen molar-refractivity contribution in [1.29, 1.82) is 0 Å². The molecule has 0 bridgehead atoms. The molecule has 6 heteroatoms.